The first kappa shape index (κ1) is 14.8. The van der Waals surface area contributed by atoms with E-state index in [1.165, 1.54) is 12.1 Å². The highest BCUT2D eigenvalue weighted by molar-refractivity contribution is 7.89. The zero-order valence-corrected chi connectivity index (χ0v) is 11.3. The normalized spacial score (nSPS) is 11.2. The molecule has 100 valence electrons. The monoisotopic (exact) mass is 292 g/mol. The van der Waals surface area contributed by atoms with Gasteiger partial charge in [0.2, 0.25) is 10.0 Å². The third kappa shape index (κ3) is 4.94. The Bertz CT molecular complexity index is 503. The quantitative estimate of drug-likeness (QED) is 0.756. The molecule has 1 amide bonds. The number of hydrogen-bond acceptors (Lipinski definition) is 5. The Morgan fingerprint density at radius 2 is 2.11 bits per heavy atom. The molecule has 1 heterocycles. The number of sulfonamides is 1. The second kappa shape index (κ2) is 6.62. The number of halogens is 1. The summed E-state index contributed by atoms with van der Waals surface area (Å²) in [4.78, 5) is 11.5. The lowest BCUT2D eigenvalue weighted by molar-refractivity contribution is 0.0950. The Morgan fingerprint density at radius 3 is 2.67 bits per heavy atom. The number of amides is 1. The van der Waals surface area contributed by atoms with Crippen molar-refractivity contribution in [1.29, 1.82) is 0 Å². The summed E-state index contributed by atoms with van der Waals surface area (Å²) in [5, 5.41) is 9.69. The van der Waals surface area contributed by atoms with Crippen molar-refractivity contribution in [2.24, 2.45) is 0 Å². The largest absolute Gasteiger partial charge is 0.350 e. The molecule has 0 atom stereocenters. The molecule has 0 unspecified atom stereocenters. The van der Waals surface area contributed by atoms with Crippen molar-refractivity contribution >= 4 is 27.5 Å². The van der Waals surface area contributed by atoms with Gasteiger partial charge in [0, 0.05) is 13.1 Å². The smallest absolute Gasteiger partial charge is 0.271 e. The van der Waals surface area contributed by atoms with Gasteiger partial charge in [0.05, 0.1) is 5.75 Å². The van der Waals surface area contributed by atoms with E-state index < -0.39 is 15.9 Å². The van der Waals surface area contributed by atoms with E-state index in [4.69, 9.17) is 11.6 Å². The van der Waals surface area contributed by atoms with Gasteiger partial charge in [0.25, 0.3) is 5.91 Å². The molecule has 7 nitrogen and oxygen atoms in total. The van der Waals surface area contributed by atoms with Crippen LogP contribution in [0.3, 0.4) is 0 Å². The van der Waals surface area contributed by atoms with E-state index in [-0.39, 0.29) is 23.1 Å². The second-order valence-electron chi connectivity index (χ2n) is 3.31. The summed E-state index contributed by atoms with van der Waals surface area (Å²) in [6.07, 6.45) is 0. The molecule has 0 fully saturated rings. The van der Waals surface area contributed by atoms with Gasteiger partial charge in [-0.15, -0.1) is 10.2 Å². The van der Waals surface area contributed by atoms with Crippen molar-refractivity contribution in [3.63, 3.8) is 0 Å². The van der Waals surface area contributed by atoms with Crippen LogP contribution in [0.1, 0.15) is 17.4 Å². The molecular formula is C9H13ClN4O3S. The number of carbonyl (C=O) groups is 1. The van der Waals surface area contributed by atoms with E-state index in [2.05, 4.69) is 20.2 Å². The van der Waals surface area contributed by atoms with Crippen LogP contribution in [0.4, 0.5) is 0 Å². The number of nitrogens with zero attached hydrogens (tertiary/aromatic N) is 2. The van der Waals surface area contributed by atoms with Crippen LogP contribution in [0.15, 0.2) is 12.1 Å². The molecule has 0 spiro atoms. The van der Waals surface area contributed by atoms with Crippen LogP contribution in [0.25, 0.3) is 0 Å². The predicted octanol–water partition coefficient (Wildman–Crippen LogP) is -0.201. The van der Waals surface area contributed by atoms with Gasteiger partial charge in [-0.25, -0.2) is 13.1 Å². The van der Waals surface area contributed by atoms with Crippen LogP contribution in [0.2, 0.25) is 5.15 Å². The summed E-state index contributed by atoms with van der Waals surface area (Å²) in [5.41, 5.74) is 0.0836. The van der Waals surface area contributed by atoms with Crippen LogP contribution in [0.5, 0.6) is 0 Å². The topological polar surface area (TPSA) is 101 Å². The summed E-state index contributed by atoms with van der Waals surface area (Å²) in [5.74, 6) is -0.681. The maximum absolute atomic E-state index is 11.5. The Balaban J connectivity index is 2.45. The van der Waals surface area contributed by atoms with Crippen LogP contribution in [0, 0.1) is 0 Å². The zero-order valence-electron chi connectivity index (χ0n) is 9.68. The van der Waals surface area contributed by atoms with Gasteiger partial charge in [-0.05, 0) is 12.1 Å². The molecular weight excluding hydrogens is 280 g/mol. The highest BCUT2D eigenvalue weighted by Crippen LogP contribution is 2.01. The van der Waals surface area contributed by atoms with E-state index >= 15 is 0 Å². The van der Waals surface area contributed by atoms with Gasteiger partial charge in [0.15, 0.2) is 10.8 Å². The van der Waals surface area contributed by atoms with Crippen LogP contribution < -0.4 is 10.0 Å². The minimum absolute atomic E-state index is 0.00151. The molecule has 0 saturated carbocycles. The summed E-state index contributed by atoms with van der Waals surface area (Å²) in [6, 6.07) is 2.84. The highest BCUT2D eigenvalue weighted by atomic mass is 35.5. The predicted molar refractivity (Wildman–Crippen MR) is 66.8 cm³/mol. The molecule has 1 aromatic heterocycles. The molecule has 1 rings (SSSR count). The molecule has 0 saturated heterocycles. The van der Waals surface area contributed by atoms with Crippen molar-refractivity contribution in [2.45, 2.75) is 6.92 Å². The minimum atomic E-state index is -3.34. The third-order valence-electron chi connectivity index (χ3n) is 1.89. The molecule has 9 heteroatoms. The van der Waals surface area contributed by atoms with Gasteiger partial charge >= 0.3 is 0 Å². The van der Waals surface area contributed by atoms with Gasteiger partial charge in [-0.3, -0.25) is 4.79 Å². The first-order valence-corrected chi connectivity index (χ1v) is 7.22. The summed E-state index contributed by atoms with van der Waals surface area (Å²) >= 11 is 5.52. The third-order valence-corrected chi connectivity index (χ3v) is 3.56. The Hall–Kier alpha value is -1.25. The van der Waals surface area contributed by atoms with Crippen LogP contribution in [-0.2, 0) is 10.0 Å². The van der Waals surface area contributed by atoms with Gasteiger partial charge in [-0.1, -0.05) is 18.5 Å². The molecule has 0 bridgehead atoms. The maximum Gasteiger partial charge on any atom is 0.271 e. The Labute approximate surface area is 110 Å². The molecule has 2 N–H and O–H groups in total. The fourth-order valence-corrected chi connectivity index (χ4v) is 2.17. The number of nitrogens with one attached hydrogen (secondary N) is 2. The molecule has 18 heavy (non-hydrogen) atoms. The lowest BCUT2D eigenvalue weighted by Crippen LogP contribution is -2.34. The van der Waals surface area contributed by atoms with Crippen molar-refractivity contribution < 1.29 is 13.2 Å². The van der Waals surface area contributed by atoms with Crippen molar-refractivity contribution in [3.05, 3.63) is 23.0 Å². The van der Waals surface area contributed by atoms with Crippen LogP contribution >= 0.6 is 11.6 Å². The number of aromatic nitrogens is 2. The van der Waals surface area contributed by atoms with E-state index in [1.807, 2.05) is 0 Å². The molecule has 1 aromatic rings. The van der Waals surface area contributed by atoms with E-state index in [0.717, 1.165) is 0 Å². The summed E-state index contributed by atoms with van der Waals surface area (Å²) in [7, 11) is -3.34. The van der Waals surface area contributed by atoms with E-state index in [0.29, 0.717) is 6.54 Å². The van der Waals surface area contributed by atoms with Gasteiger partial charge < -0.3 is 5.32 Å². The SMILES string of the molecule is CCNS(=O)(=O)CCNC(=O)c1ccc(Cl)nn1. The maximum atomic E-state index is 11.5. The zero-order chi connectivity index (χ0) is 13.6. The average Bonchev–Trinajstić information content (AvgIpc) is 2.29. The van der Waals surface area contributed by atoms with Crippen LogP contribution in [-0.4, -0.2) is 43.4 Å². The Kier molecular flexibility index (Phi) is 5.45. The average molecular weight is 293 g/mol. The second-order valence-corrected chi connectivity index (χ2v) is 5.63. The number of rotatable bonds is 6. The molecule has 0 aliphatic rings. The molecule has 0 aromatic carbocycles. The summed E-state index contributed by atoms with van der Waals surface area (Å²) < 4.78 is 24.9. The molecule has 0 aliphatic heterocycles. The lowest BCUT2D eigenvalue weighted by atomic mass is 10.4. The standard InChI is InChI=1S/C9H13ClN4O3S/c1-2-12-18(16,17)6-5-11-9(15)7-3-4-8(10)14-13-7/h3-4,12H,2,5-6H2,1H3,(H,11,15). The van der Waals surface area contributed by atoms with Gasteiger partial charge in [-0.2, -0.15) is 0 Å². The number of carbonyl (C=O) groups excluding carboxylic acids is 1. The fraction of sp³-hybridized carbons (Fsp3) is 0.444. The lowest BCUT2D eigenvalue weighted by Gasteiger charge is -2.05. The Morgan fingerprint density at radius 1 is 1.39 bits per heavy atom. The molecule has 0 radical (unpaired) electrons. The van der Waals surface area contributed by atoms with E-state index in [9.17, 15) is 13.2 Å². The highest BCUT2D eigenvalue weighted by Gasteiger charge is 2.11. The number of hydrogen-bond donors (Lipinski definition) is 2. The fourth-order valence-electron chi connectivity index (χ4n) is 1.12. The van der Waals surface area contributed by atoms with Gasteiger partial charge in [0.1, 0.15) is 0 Å². The summed E-state index contributed by atoms with van der Waals surface area (Å²) in [6.45, 7) is 2.00. The molecule has 0 aliphatic carbocycles. The van der Waals surface area contributed by atoms with Crippen molar-refractivity contribution in [1.82, 2.24) is 20.2 Å². The first-order chi connectivity index (χ1) is 8.44. The van der Waals surface area contributed by atoms with Crippen molar-refractivity contribution in [2.75, 3.05) is 18.8 Å². The first-order valence-electron chi connectivity index (χ1n) is 5.19. The van der Waals surface area contributed by atoms with E-state index in [1.54, 1.807) is 6.92 Å². The minimum Gasteiger partial charge on any atom is -0.350 e. The van der Waals surface area contributed by atoms with Crippen molar-refractivity contribution in [3.8, 4) is 0 Å².